The first-order chi connectivity index (χ1) is 6.60. The van der Waals surface area contributed by atoms with Crippen LogP contribution >= 0.6 is 0 Å². The Balaban J connectivity index is 2.23. The van der Waals surface area contributed by atoms with Crippen molar-refractivity contribution >= 4 is 0 Å². The second-order valence-electron chi connectivity index (χ2n) is 3.88. The Hall–Kier alpha value is -0.960. The molecule has 1 aliphatic heterocycles. The first-order valence-electron chi connectivity index (χ1n) is 4.79. The van der Waals surface area contributed by atoms with Crippen LogP contribution in [0.5, 0.6) is 0 Å². The molecule has 14 heavy (non-hydrogen) atoms. The summed E-state index contributed by atoms with van der Waals surface area (Å²) >= 11 is 0. The summed E-state index contributed by atoms with van der Waals surface area (Å²) in [5.74, 6) is -0.328. The summed E-state index contributed by atoms with van der Waals surface area (Å²) in [5, 5.41) is 3.03. The fourth-order valence-electron chi connectivity index (χ4n) is 1.73. The Morgan fingerprint density at radius 3 is 2.36 bits per heavy atom. The molecule has 1 saturated heterocycles. The van der Waals surface area contributed by atoms with Crippen molar-refractivity contribution in [3.05, 3.63) is 35.6 Å². The maximum atomic E-state index is 14.2. The van der Waals surface area contributed by atoms with Gasteiger partial charge in [-0.1, -0.05) is 12.1 Å². The number of benzene rings is 1. The summed E-state index contributed by atoms with van der Waals surface area (Å²) in [5.41, 5.74) is -0.859. The van der Waals surface area contributed by atoms with Crippen molar-refractivity contribution in [3.63, 3.8) is 0 Å². The lowest BCUT2D eigenvalue weighted by atomic mass is 9.84. The summed E-state index contributed by atoms with van der Waals surface area (Å²) in [6.45, 7) is 2.41. The third-order valence-corrected chi connectivity index (χ3v) is 2.89. The summed E-state index contributed by atoms with van der Waals surface area (Å²) in [7, 11) is 0. The highest BCUT2D eigenvalue weighted by Crippen LogP contribution is 2.33. The molecule has 0 saturated carbocycles. The number of hydrogen-bond acceptors (Lipinski definition) is 1. The Morgan fingerprint density at radius 2 is 1.93 bits per heavy atom. The molecule has 2 atom stereocenters. The zero-order chi connectivity index (χ0) is 10.2. The van der Waals surface area contributed by atoms with Crippen molar-refractivity contribution in [1.82, 2.24) is 5.32 Å². The Morgan fingerprint density at radius 1 is 1.36 bits per heavy atom. The van der Waals surface area contributed by atoms with E-state index in [1.807, 2.05) is 0 Å². The van der Waals surface area contributed by atoms with Gasteiger partial charge in [0, 0.05) is 6.04 Å². The Bertz CT molecular complexity index is 315. The molecule has 2 unspecified atom stereocenters. The van der Waals surface area contributed by atoms with E-state index in [2.05, 4.69) is 5.32 Å². The first kappa shape index (κ1) is 9.59. The molecule has 1 N–H and O–H groups in total. The number of nitrogens with one attached hydrogen (secondary N) is 1. The van der Waals surface area contributed by atoms with Crippen LogP contribution in [0.25, 0.3) is 0 Å². The minimum Gasteiger partial charge on any atom is -0.311 e. The van der Waals surface area contributed by atoms with E-state index in [1.165, 1.54) is 31.2 Å². The van der Waals surface area contributed by atoms with Crippen LogP contribution in [0.3, 0.4) is 0 Å². The second-order valence-corrected chi connectivity index (χ2v) is 3.88. The lowest BCUT2D eigenvalue weighted by molar-refractivity contribution is 0.0858. The molecular weight excluding hydrogens is 184 g/mol. The predicted octanol–water partition coefficient (Wildman–Crippen LogP) is 2.37. The third-order valence-electron chi connectivity index (χ3n) is 2.89. The number of hydrogen-bond donors (Lipinski definition) is 1. The Labute approximate surface area is 82.1 Å². The third kappa shape index (κ3) is 1.52. The van der Waals surface area contributed by atoms with E-state index < -0.39 is 5.67 Å². The van der Waals surface area contributed by atoms with E-state index in [9.17, 15) is 8.78 Å². The average molecular weight is 197 g/mol. The van der Waals surface area contributed by atoms with Gasteiger partial charge in [0.25, 0.3) is 0 Å². The van der Waals surface area contributed by atoms with Crippen molar-refractivity contribution in [1.29, 1.82) is 0 Å². The fraction of sp³-hybridized carbons (Fsp3) is 0.455. The zero-order valence-corrected chi connectivity index (χ0v) is 8.06. The number of alkyl halides is 1. The van der Waals surface area contributed by atoms with Crippen LogP contribution in [0.4, 0.5) is 8.78 Å². The molecule has 0 aromatic heterocycles. The standard InChI is InChI=1S/C11H13F2N/c1-11(13,10-6-7-14-10)8-2-4-9(12)5-3-8/h2-5,10,14H,6-7H2,1H3. The normalized spacial score (nSPS) is 25.2. The van der Waals surface area contributed by atoms with Crippen molar-refractivity contribution in [2.75, 3.05) is 6.54 Å². The molecule has 1 heterocycles. The van der Waals surface area contributed by atoms with Gasteiger partial charge in [0.05, 0.1) is 0 Å². The van der Waals surface area contributed by atoms with Crippen LogP contribution in [0.15, 0.2) is 24.3 Å². The molecule has 1 nitrogen and oxygen atoms in total. The van der Waals surface area contributed by atoms with Gasteiger partial charge in [-0.05, 0) is 37.6 Å². The van der Waals surface area contributed by atoms with Gasteiger partial charge in [-0.25, -0.2) is 8.78 Å². The highest BCUT2D eigenvalue weighted by Gasteiger charge is 2.39. The van der Waals surface area contributed by atoms with E-state index in [4.69, 9.17) is 0 Å². The van der Waals surface area contributed by atoms with Crippen LogP contribution < -0.4 is 5.32 Å². The Kier molecular flexibility index (Phi) is 2.27. The van der Waals surface area contributed by atoms with Crippen LogP contribution in [-0.2, 0) is 5.67 Å². The summed E-state index contributed by atoms with van der Waals surface area (Å²) in [4.78, 5) is 0. The van der Waals surface area contributed by atoms with Crippen molar-refractivity contribution in [2.45, 2.75) is 25.1 Å². The van der Waals surface area contributed by atoms with E-state index in [-0.39, 0.29) is 11.9 Å². The minimum atomic E-state index is -1.40. The molecule has 0 spiro atoms. The molecular formula is C11H13F2N. The van der Waals surface area contributed by atoms with E-state index in [1.54, 1.807) is 0 Å². The molecule has 0 bridgehead atoms. The second kappa shape index (κ2) is 3.31. The van der Waals surface area contributed by atoms with E-state index >= 15 is 0 Å². The van der Waals surface area contributed by atoms with Gasteiger partial charge in [0.1, 0.15) is 11.5 Å². The highest BCUT2D eigenvalue weighted by molar-refractivity contribution is 5.25. The SMILES string of the molecule is CC(F)(c1ccc(F)cc1)C1CCN1. The molecule has 1 aliphatic rings. The lowest BCUT2D eigenvalue weighted by Crippen LogP contribution is -2.53. The van der Waals surface area contributed by atoms with Crippen molar-refractivity contribution in [3.8, 4) is 0 Å². The molecule has 1 aromatic rings. The van der Waals surface area contributed by atoms with E-state index in [0.29, 0.717) is 5.56 Å². The van der Waals surface area contributed by atoms with Gasteiger partial charge >= 0.3 is 0 Å². The van der Waals surface area contributed by atoms with Crippen LogP contribution in [0, 0.1) is 5.82 Å². The van der Waals surface area contributed by atoms with Crippen LogP contribution in [-0.4, -0.2) is 12.6 Å². The molecule has 0 amide bonds. The maximum Gasteiger partial charge on any atom is 0.148 e. The quantitative estimate of drug-likeness (QED) is 0.767. The molecule has 0 radical (unpaired) electrons. The molecule has 1 fully saturated rings. The zero-order valence-electron chi connectivity index (χ0n) is 8.06. The van der Waals surface area contributed by atoms with Gasteiger partial charge in [0.2, 0.25) is 0 Å². The summed E-state index contributed by atoms with van der Waals surface area (Å²) < 4.78 is 26.8. The number of rotatable bonds is 2. The lowest BCUT2D eigenvalue weighted by Gasteiger charge is -2.38. The van der Waals surface area contributed by atoms with Crippen LogP contribution in [0.1, 0.15) is 18.9 Å². The molecule has 1 aromatic carbocycles. The minimum absolute atomic E-state index is 0.132. The summed E-state index contributed by atoms with van der Waals surface area (Å²) in [6, 6.07) is 5.48. The fourth-order valence-corrected chi connectivity index (χ4v) is 1.73. The van der Waals surface area contributed by atoms with Gasteiger partial charge < -0.3 is 5.32 Å². The highest BCUT2D eigenvalue weighted by atomic mass is 19.1. The molecule has 0 aliphatic carbocycles. The van der Waals surface area contributed by atoms with Gasteiger partial charge in [0.15, 0.2) is 0 Å². The molecule has 76 valence electrons. The van der Waals surface area contributed by atoms with E-state index in [0.717, 1.165) is 13.0 Å². The summed E-state index contributed by atoms with van der Waals surface area (Å²) in [6.07, 6.45) is 0.838. The van der Waals surface area contributed by atoms with Crippen LogP contribution in [0.2, 0.25) is 0 Å². The smallest absolute Gasteiger partial charge is 0.148 e. The predicted molar refractivity (Wildman–Crippen MR) is 51.3 cm³/mol. The number of halogens is 2. The van der Waals surface area contributed by atoms with Gasteiger partial charge in [-0.2, -0.15) is 0 Å². The van der Waals surface area contributed by atoms with Crippen molar-refractivity contribution in [2.24, 2.45) is 0 Å². The molecule has 2 rings (SSSR count). The maximum absolute atomic E-state index is 14.2. The van der Waals surface area contributed by atoms with Crippen molar-refractivity contribution < 1.29 is 8.78 Å². The van der Waals surface area contributed by atoms with Gasteiger partial charge in [-0.3, -0.25) is 0 Å². The topological polar surface area (TPSA) is 12.0 Å². The molecule has 3 heteroatoms. The monoisotopic (exact) mass is 197 g/mol. The first-order valence-corrected chi connectivity index (χ1v) is 4.79. The largest absolute Gasteiger partial charge is 0.311 e. The van der Waals surface area contributed by atoms with Gasteiger partial charge in [-0.15, -0.1) is 0 Å². The average Bonchev–Trinajstić information content (AvgIpc) is 2.00.